The van der Waals surface area contributed by atoms with Crippen LogP contribution >= 0.6 is 0 Å². The first-order valence-corrected chi connectivity index (χ1v) is 4.28. The lowest BCUT2D eigenvalue weighted by molar-refractivity contribution is -0.111. The number of rotatable bonds is 3. The van der Waals surface area contributed by atoms with Gasteiger partial charge >= 0.3 is 6.09 Å². The van der Waals surface area contributed by atoms with Gasteiger partial charge in [-0.05, 0) is 19.3 Å². The highest BCUT2D eigenvalue weighted by Crippen LogP contribution is 2.25. The Morgan fingerprint density at radius 3 is 2.77 bits per heavy atom. The molecule has 0 bridgehead atoms. The molecular formula is C9H13NO3. The van der Waals surface area contributed by atoms with Crippen LogP contribution in [0.1, 0.15) is 19.3 Å². The molecule has 13 heavy (non-hydrogen) atoms. The molecule has 1 aliphatic rings. The number of amides is 1. The van der Waals surface area contributed by atoms with Gasteiger partial charge in [0.05, 0.1) is 6.04 Å². The van der Waals surface area contributed by atoms with Crippen molar-refractivity contribution < 1.29 is 14.7 Å². The molecule has 1 saturated heterocycles. The third kappa shape index (κ3) is 1.88. The second-order valence-corrected chi connectivity index (χ2v) is 3.15. The lowest BCUT2D eigenvalue weighted by Gasteiger charge is -2.23. The average Bonchev–Trinajstić information content (AvgIpc) is 2.48. The van der Waals surface area contributed by atoms with E-state index in [0.29, 0.717) is 19.1 Å². The smallest absolute Gasteiger partial charge is 0.408 e. The number of carbonyl (C=O) groups is 2. The zero-order chi connectivity index (χ0) is 9.84. The lowest BCUT2D eigenvalue weighted by Crippen LogP contribution is -2.40. The number of hydrogen-bond acceptors (Lipinski definition) is 2. The third-order valence-corrected chi connectivity index (χ3v) is 2.36. The van der Waals surface area contributed by atoms with Gasteiger partial charge in [-0.25, -0.2) is 4.79 Å². The van der Waals surface area contributed by atoms with Gasteiger partial charge in [-0.2, -0.15) is 0 Å². The van der Waals surface area contributed by atoms with Crippen molar-refractivity contribution in [1.82, 2.24) is 4.90 Å². The molecule has 0 aromatic carbocycles. The number of carboxylic acid groups (broad SMARTS) is 1. The molecule has 1 rings (SSSR count). The SMILES string of the molecule is C=CC[C@H]1CC[C@@H](C=O)N1C(=O)O. The van der Waals surface area contributed by atoms with Gasteiger partial charge in [0.2, 0.25) is 0 Å². The van der Waals surface area contributed by atoms with Gasteiger partial charge in [-0.15, -0.1) is 6.58 Å². The van der Waals surface area contributed by atoms with Crippen molar-refractivity contribution in [3.05, 3.63) is 12.7 Å². The van der Waals surface area contributed by atoms with Crippen LogP contribution in [-0.4, -0.2) is 34.5 Å². The summed E-state index contributed by atoms with van der Waals surface area (Å²) in [6.07, 6.45) is 3.39. The average molecular weight is 183 g/mol. The zero-order valence-electron chi connectivity index (χ0n) is 7.35. The van der Waals surface area contributed by atoms with E-state index >= 15 is 0 Å². The van der Waals surface area contributed by atoms with Gasteiger partial charge in [-0.1, -0.05) is 6.08 Å². The molecule has 1 fully saturated rings. The first-order chi connectivity index (χ1) is 6.20. The summed E-state index contributed by atoms with van der Waals surface area (Å²) in [5.41, 5.74) is 0. The molecule has 0 aromatic heterocycles. The third-order valence-electron chi connectivity index (χ3n) is 2.36. The predicted molar refractivity (Wildman–Crippen MR) is 47.6 cm³/mol. The van der Waals surface area contributed by atoms with E-state index in [2.05, 4.69) is 6.58 Å². The number of likely N-dealkylation sites (tertiary alicyclic amines) is 1. The molecule has 2 atom stereocenters. The van der Waals surface area contributed by atoms with Crippen molar-refractivity contribution in [2.24, 2.45) is 0 Å². The fourth-order valence-electron chi connectivity index (χ4n) is 1.77. The maximum atomic E-state index is 10.8. The monoisotopic (exact) mass is 183 g/mol. The van der Waals surface area contributed by atoms with Crippen LogP contribution in [0.15, 0.2) is 12.7 Å². The Morgan fingerprint density at radius 2 is 2.31 bits per heavy atom. The van der Waals surface area contributed by atoms with E-state index in [1.54, 1.807) is 6.08 Å². The predicted octanol–water partition coefficient (Wildman–Crippen LogP) is 1.27. The summed E-state index contributed by atoms with van der Waals surface area (Å²) in [6.45, 7) is 3.56. The fraction of sp³-hybridized carbons (Fsp3) is 0.556. The normalized spacial score (nSPS) is 27.2. The summed E-state index contributed by atoms with van der Waals surface area (Å²) in [4.78, 5) is 22.6. The summed E-state index contributed by atoms with van der Waals surface area (Å²) < 4.78 is 0. The van der Waals surface area contributed by atoms with E-state index in [4.69, 9.17) is 5.11 Å². The minimum absolute atomic E-state index is 0.0646. The quantitative estimate of drug-likeness (QED) is 0.529. The van der Waals surface area contributed by atoms with Gasteiger partial charge in [0.1, 0.15) is 6.29 Å². The van der Waals surface area contributed by atoms with Crippen LogP contribution in [0.5, 0.6) is 0 Å². The zero-order valence-corrected chi connectivity index (χ0v) is 7.35. The highest BCUT2D eigenvalue weighted by molar-refractivity contribution is 5.73. The number of nitrogens with zero attached hydrogens (tertiary/aromatic N) is 1. The molecule has 1 amide bonds. The number of aldehydes is 1. The van der Waals surface area contributed by atoms with Crippen LogP contribution in [0.4, 0.5) is 4.79 Å². The van der Waals surface area contributed by atoms with E-state index in [1.165, 1.54) is 4.90 Å². The Bertz CT molecular complexity index is 227. The van der Waals surface area contributed by atoms with E-state index in [-0.39, 0.29) is 6.04 Å². The molecule has 1 aliphatic heterocycles. The van der Waals surface area contributed by atoms with E-state index < -0.39 is 12.1 Å². The minimum Gasteiger partial charge on any atom is -0.465 e. The first kappa shape index (κ1) is 9.77. The maximum absolute atomic E-state index is 10.8. The Morgan fingerprint density at radius 1 is 1.62 bits per heavy atom. The summed E-state index contributed by atoms with van der Waals surface area (Å²) >= 11 is 0. The Kier molecular flexibility index (Phi) is 3.06. The van der Waals surface area contributed by atoms with Crippen molar-refractivity contribution in [2.75, 3.05) is 0 Å². The molecule has 0 saturated carbocycles. The lowest BCUT2D eigenvalue weighted by atomic mass is 10.1. The molecule has 72 valence electrons. The van der Waals surface area contributed by atoms with E-state index in [0.717, 1.165) is 6.42 Å². The molecule has 0 aliphatic carbocycles. The summed E-state index contributed by atoms with van der Waals surface area (Å²) in [7, 11) is 0. The van der Waals surface area contributed by atoms with Crippen LogP contribution in [-0.2, 0) is 4.79 Å². The van der Waals surface area contributed by atoms with Gasteiger partial charge in [0, 0.05) is 6.04 Å². The molecule has 1 N–H and O–H groups in total. The van der Waals surface area contributed by atoms with Gasteiger partial charge in [-0.3, -0.25) is 4.90 Å². The second kappa shape index (κ2) is 4.07. The topological polar surface area (TPSA) is 57.6 Å². The summed E-state index contributed by atoms with van der Waals surface area (Å²) in [6, 6.07) is -0.521. The highest BCUT2D eigenvalue weighted by Gasteiger charge is 2.35. The van der Waals surface area contributed by atoms with Gasteiger partial charge < -0.3 is 9.90 Å². The minimum atomic E-state index is -1.01. The second-order valence-electron chi connectivity index (χ2n) is 3.15. The van der Waals surface area contributed by atoms with Crippen LogP contribution in [0, 0.1) is 0 Å². The van der Waals surface area contributed by atoms with Gasteiger partial charge in [0.15, 0.2) is 0 Å². The van der Waals surface area contributed by atoms with Crippen LogP contribution < -0.4 is 0 Å². The van der Waals surface area contributed by atoms with Crippen molar-refractivity contribution in [1.29, 1.82) is 0 Å². The molecule has 4 heteroatoms. The first-order valence-electron chi connectivity index (χ1n) is 4.28. The Hall–Kier alpha value is -1.32. The summed E-state index contributed by atoms with van der Waals surface area (Å²) in [5, 5.41) is 8.84. The van der Waals surface area contributed by atoms with Gasteiger partial charge in [0.25, 0.3) is 0 Å². The number of hydrogen-bond donors (Lipinski definition) is 1. The van der Waals surface area contributed by atoms with Crippen molar-refractivity contribution in [2.45, 2.75) is 31.3 Å². The Balaban J connectivity index is 2.71. The molecule has 0 unspecified atom stereocenters. The van der Waals surface area contributed by atoms with E-state index in [9.17, 15) is 9.59 Å². The number of carbonyl (C=O) groups excluding carboxylic acids is 1. The Labute approximate surface area is 76.8 Å². The van der Waals surface area contributed by atoms with Crippen molar-refractivity contribution in [3.8, 4) is 0 Å². The van der Waals surface area contributed by atoms with Crippen molar-refractivity contribution in [3.63, 3.8) is 0 Å². The molecule has 1 heterocycles. The van der Waals surface area contributed by atoms with Crippen LogP contribution in [0.3, 0.4) is 0 Å². The highest BCUT2D eigenvalue weighted by atomic mass is 16.4. The molecular weight excluding hydrogens is 170 g/mol. The van der Waals surface area contributed by atoms with E-state index in [1.807, 2.05) is 0 Å². The molecule has 0 radical (unpaired) electrons. The fourth-order valence-corrected chi connectivity index (χ4v) is 1.77. The standard InChI is InChI=1S/C9H13NO3/c1-2-3-7-4-5-8(6-11)10(7)9(12)13/h2,6-8H,1,3-5H2,(H,12,13)/t7-,8-/m0/s1. The maximum Gasteiger partial charge on any atom is 0.408 e. The largest absolute Gasteiger partial charge is 0.465 e. The van der Waals surface area contributed by atoms with Crippen LogP contribution in [0.2, 0.25) is 0 Å². The molecule has 0 aromatic rings. The molecule has 4 nitrogen and oxygen atoms in total. The van der Waals surface area contributed by atoms with Crippen molar-refractivity contribution >= 4 is 12.4 Å². The molecule has 0 spiro atoms. The van der Waals surface area contributed by atoms with Crippen LogP contribution in [0.25, 0.3) is 0 Å². The summed E-state index contributed by atoms with van der Waals surface area (Å²) in [5.74, 6) is 0.